The van der Waals surface area contributed by atoms with E-state index >= 15 is 0 Å². The number of nitriles is 1. The van der Waals surface area contributed by atoms with E-state index in [2.05, 4.69) is 37.2 Å². The second-order valence-corrected chi connectivity index (χ2v) is 8.73. The number of amides is 1. The number of benzene rings is 3. The molecule has 1 unspecified atom stereocenters. The molecule has 2 heterocycles. The predicted octanol–water partition coefficient (Wildman–Crippen LogP) is 4.55. The second kappa shape index (κ2) is 11.3. The van der Waals surface area contributed by atoms with Crippen molar-refractivity contribution in [2.24, 2.45) is 4.99 Å². The van der Waals surface area contributed by atoms with Crippen LogP contribution in [-0.2, 0) is 0 Å². The van der Waals surface area contributed by atoms with Gasteiger partial charge in [-0.2, -0.15) is 5.26 Å². The number of carbonyl (C=O) groups excluding carboxylic acids is 1. The molecule has 3 aromatic carbocycles. The molecule has 10 heteroatoms. The van der Waals surface area contributed by atoms with Crippen molar-refractivity contribution in [2.45, 2.75) is 12.3 Å². The number of carbonyl (C=O) groups is 1. The third-order valence-corrected chi connectivity index (χ3v) is 6.34. The van der Waals surface area contributed by atoms with Gasteiger partial charge < -0.3 is 20.6 Å². The third kappa shape index (κ3) is 5.33. The van der Waals surface area contributed by atoms with Gasteiger partial charge in [0.2, 0.25) is 0 Å². The fourth-order valence-corrected chi connectivity index (χ4v) is 4.42. The molecule has 0 saturated carbocycles. The van der Waals surface area contributed by atoms with Gasteiger partial charge in [0.1, 0.15) is 23.3 Å². The summed E-state index contributed by atoms with van der Waals surface area (Å²) in [7, 11) is 1.54. The van der Waals surface area contributed by atoms with Crippen molar-refractivity contribution < 1.29 is 14.6 Å². The summed E-state index contributed by atoms with van der Waals surface area (Å²) >= 11 is 0. The Labute approximate surface area is 224 Å². The number of rotatable bonds is 7. The van der Waals surface area contributed by atoms with Crippen LogP contribution in [0.1, 0.15) is 28.5 Å². The molecule has 1 amide bonds. The zero-order valence-electron chi connectivity index (χ0n) is 21.0. The van der Waals surface area contributed by atoms with E-state index in [0.29, 0.717) is 46.9 Å². The van der Waals surface area contributed by atoms with Crippen molar-refractivity contribution >= 4 is 34.3 Å². The summed E-state index contributed by atoms with van der Waals surface area (Å²) in [4.78, 5) is 26.4. The lowest BCUT2D eigenvalue weighted by Crippen LogP contribution is -2.28. The number of hydrogen-bond donors (Lipinski definition) is 4. The summed E-state index contributed by atoms with van der Waals surface area (Å²) < 4.78 is 5.24. The van der Waals surface area contributed by atoms with Crippen molar-refractivity contribution in [3.05, 3.63) is 95.7 Å². The van der Waals surface area contributed by atoms with E-state index in [0.717, 1.165) is 5.39 Å². The van der Waals surface area contributed by atoms with Crippen LogP contribution in [0.5, 0.6) is 11.5 Å². The maximum atomic E-state index is 13.3. The molecule has 0 aliphatic carbocycles. The van der Waals surface area contributed by atoms with Crippen LogP contribution in [0.4, 0.5) is 11.4 Å². The number of hydrogen-bond acceptors (Lipinski definition) is 9. The van der Waals surface area contributed by atoms with E-state index in [9.17, 15) is 15.2 Å². The molecule has 4 aromatic rings. The molecule has 1 aromatic heterocycles. The summed E-state index contributed by atoms with van der Waals surface area (Å²) in [5, 5.41) is 25.4. The lowest BCUT2D eigenvalue weighted by Gasteiger charge is -2.22. The van der Waals surface area contributed by atoms with Crippen LogP contribution in [-0.4, -0.2) is 40.9 Å². The zero-order valence-corrected chi connectivity index (χ0v) is 21.0. The summed E-state index contributed by atoms with van der Waals surface area (Å²) in [6.45, 7) is 0.493. The number of allylic oxidation sites excluding steroid dienone is 2. The average molecular weight is 520 g/mol. The molecule has 0 bridgehead atoms. The van der Waals surface area contributed by atoms with Crippen LogP contribution < -0.4 is 20.9 Å². The molecule has 0 fully saturated rings. The normalized spacial score (nSPS) is 14.8. The summed E-state index contributed by atoms with van der Waals surface area (Å²) in [5.74, 6) is 0.0380. The Hall–Kier alpha value is -5.43. The molecule has 1 aliphatic heterocycles. The van der Waals surface area contributed by atoms with Crippen molar-refractivity contribution in [3.63, 3.8) is 0 Å². The van der Waals surface area contributed by atoms with E-state index in [1.165, 1.54) is 6.21 Å². The minimum absolute atomic E-state index is 0.0701. The van der Waals surface area contributed by atoms with Crippen LogP contribution in [0.2, 0.25) is 0 Å². The van der Waals surface area contributed by atoms with Gasteiger partial charge >= 0.3 is 0 Å². The molecule has 4 N–H and O–H groups in total. The molecule has 0 spiro atoms. The monoisotopic (exact) mass is 519 g/mol. The number of nitrogens with zero attached hydrogens (tertiary/aromatic N) is 4. The Morgan fingerprint density at radius 3 is 2.69 bits per heavy atom. The number of hydrazine groups is 1. The van der Waals surface area contributed by atoms with E-state index in [4.69, 9.17) is 4.74 Å². The number of aromatic hydroxyl groups is 1. The van der Waals surface area contributed by atoms with Crippen LogP contribution >= 0.6 is 0 Å². The Morgan fingerprint density at radius 2 is 1.90 bits per heavy atom. The largest absolute Gasteiger partial charge is 0.505 e. The standard InChI is InChI=1S/C29H25N7O3/c1-39-21-8-4-7-20(15-21)34-29(38)24-14-18-6-2-3-9-22(18)26(27(24)37)36-35-25-19(16-30)17-31-13-10-23(25)28-32-11-5-12-33-28/h2-9,11-12,14-15,17,23,35-37H,10,13H2,1H3,(H,34,38). The Balaban J connectivity index is 1.51. The maximum absolute atomic E-state index is 13.3. The number of phenolic OH excluding ortho intramolecular Hbond substituents is 1. The minimum atomic E-state index is -0.497. The van der Waals surface area contributed by atoms with E-state index in [1.807, 2.05) is 24.3 Å². The van der Waals surface area contributed by atoms with E-state index < -0.39 is 5.91 Å². The van der Waals surface area contributed by atoms with Crippen LogP contribution in [0.25, 0.3) is 10.8 Å². The minimum Gasteiger partial charge on any atom is -0.505 e. The molecule has 5 rings (SSSR count). The quantitative estimate of drug-likeness (QED) is 0.206. The van der Waals surface area contributed by atoms with Gasteiger partial charge in [-0.25, -0.2) is 9.97 Å². The SMILES string of the molecule is COc1cccc(NC(=O)c2cc3ccccc3c(NNC3=C(C#N)C=NCCC3c3ncccn3)c2O)c1. The molecule has 194 valence electrons. The number of fused-ring (bicyclic) bond motifs is 1. The van der Waals surface area contributed by atoms with Crippen molar-refractivity contribution in [2.75, 3.05) is 24.4 Å². The average Bonchev–Trinajstić information content (AvgIpc) is 3.19. The smallest absolute Gasteiger partial charge is 0.259 e. The summed E-state index contributed by atoms with van der Waals surface area (Å²) in [6.07, 6.45) is 5.39. The van der Waals surface area contributed by atoms with Crippen LogP contribution in [0.3, 0.4) is 0 Å². The van der Waals surface area contributed by atoms with Crippen molar-refractivity contribution in [3.8, 4) is 17.6 Å². The fraction of sp³-hybridized carbons (Fsp3) is 0.138. The van der Waals surface area contributed by atoms with E-state index in [1.54, 1.807) is 55.9 Å². The molecule has 0 radical (unpaired) electrons. The van der Waals surface area contributed by atoms with Gasteiger partial charge in [0, 0.05) is 42.3 Å². The van der Waals surface area contributed by atoms with Gasteiger partial charge in [-0.05, 0) is 36.1 Å². The van der Waals surface area contributed by atoms with E-state index in [-0.39, 0.29) is 22.9 Å². The molecular formula is C29H25N7O3. The molecular weight excluding hydrogens is 494 g/mol. The lowest BCUT2D eigenvalue weighted by molar-refractivity contribution is 0.102. The number of aromatic nitrogens is 2. The number of phenols is 1. The first kappa shape index (κ1) is 25.2. The molecule has 10 nitrogen and oxygen atoms in total. The molecule has 1 atom stereocenters. The van der Waals surface area contributed by atoms with Crippen LogP contribution in [0.15, 0.2) is 89.3 Å². The molecule has 1 aliphatic rings. The molecule has 0 saturated heterocycles. The number of nitrogens with one attached hydrogen (secondary N) is 3. The Morgan fingerprint density at radius 1 is 1.08 bits per heavy atom. The topological polar surface area (TPSA) is 145 Å². The Bertz CT molecular complexity index is 1630. The number of methoxy groups -OCH3 is 1. The van der Waals surface area contributed by atoms with Crippen molar-refractivity contribution in [1.82, 2.24) is 15.4 Å². The zero-order chi connectivity index (χ0) is 27.2. The highest BCUT2D eigenvalue weighted by Crippen LogP contribution is 2.37. The van der Waals surface area contributed by atoms with Gasteiger partial charge in [-0.15, -0.1) is 0 Å². The summed E-state index contributed by atoms with van der Waals surface area (Å²) in [6, 6.07) is 19.8. The highest BCUT2D eigenvalue weighted by molar-refractivity contribution is 6.12. The fourth-order valence-electron chi connectivity index (χ4n) is 4.42. The van der Waals surface area contributed by atoms with Gasteiger partial charge in [0.25, 0.3) is 5.91 Å². The Kier molecular flexibility index (Phi) is 7.32. The van der Waals surface area contributed by atoms with Gasteiger partial charge in [0.05, 0.1) is 29.9 Å². The van der Waals surface area contributed by atoms with Crippen molar-refractivity contribution in [1.29, 1.82) is 5.26 Å². The van der Waals surface area contributed by atoms with Crippen LogP contribution in [0, 0.1) is 11.3 Å². The van der Waals surface area contributed by atoms with Gasteiger partial charge in [-0.1, -0.05) is 30.3 Å². The number of ether oxygens (including phenoxy) is 1. The van der Waals surface area contributed by atoms with Gasteiger partial charge in [-0.3, -0.25) is 15.2 Å². The first-order valence-electron chi connectivity index (χ1n) is 12.2. The predicted molar refractivity (Wildman–Crippen MR) is 149 cm³/mol. The maximum Gasteiger partial charge on any atom is 0.259 e. The second-order valence-electron chi connectivity index (χ2n) is 8.73. The first-order valence-corrected chi connectivity index (χ1v) is 12.2. The number of aliphatic imine (C=N–C) groups is 1. The first-order chi connectivity index (χ1) is 19.1. The third-order valence-electron chi connectivity index (χ3n) is 6.34. The summed E-state index contributed by atoms with van der Waals surface area (Å²) in [5.41, 5.74) is 7.88. The number of anilines is 2. The highest BCUT2D eigenvalue weighted by atomic mass is 16.5. The highest BCUT2D eigenvalue weighted by Gasteiger charge is 2.25. The van der Waals surface area contributed by atoms with Gasteiger partial charge in [0.15, 0.2) is 5.75 Å². The lowest BCUT2D eigenvalue weighted by atomic mass is 9.98. The molecule has 39 heavy (non-hydrogen) atoms.